The van der Waals surface area contributed by atoms with Gasteiger partial charge in [-0.05, 0) is 60.2 Å². The molecular formula is C25H19N3O2. The number of hydrogen-bond donors (Lipinski definition) is 1. The van der Waals surface area contributed by atoms with Crippen molar-refractivity contribution in [2.24, 2.45) is 0 Å². The first kappa shape index (κ1) is 19.0. The quantitative estimate of drug-likeness (QED) is 0.472. The van der Waals surface area contributed by atoms with Gasteiger partial charge in [0.2, 0.25) is 0 Å². The van der Waals surface area contributed by atoms with Gasteiger partial charge in [-0.25, -0.2) is 4.98 Å². The number of rotatable bonds is 5. The lowest BCUT2D eigenvalue weighted by molar-refractivity contribution is 0.415. The standard InChI is InChI=1S/C25H19N3O2/c1-29-19-11-7-17(8-12-19)22-15-24(28-25(27)23(22)16-26)18-9-13-21(14-10-18)30-20-5-3-2-4-6-20/h2-15H,1H3,(H2,27,28). The molecule has 1 heterocycles. The number of para-hydroxylation sites is 1. The fourth-order valence-corrected chi connectivity index (χ4v) is 3.15. The van der Waals surface area contributed by atoms with E-state index in [2.05, 4.69) is 11.1 Å². The van der Waals surface area contributed by atoms with Crippen molar-refractivity contribution in [2.75, 3.05) is 12.8 Å². The molecule has 4 rings (SSSR count). The molecule has 146 valence electrons. The lowest BCUT2D eigenvalue weighted by Gasteiger charge is -2.11. The Labute approximate surface area is 175 Å². The monoisotopic (exact) mass is 393 g/mol. The third-order valence-electron chi connectivity index (χ3n) is 4.69. The van der Waals surface area contributed by atoms with Crippen LogP contribution in [0, 0.1) is 11.3 Å². The number of nitriles is 1. The van der Waals surface area contributed by atoms with Gasteiger partial charge in [0.05, 0.1) is 12.8 Å². The van der Waals surface area contributed by atoms with Crippen molar-refractivity contribution in [1.82, 2.24) is 4.98 Å². The van der Waals surface area contributed by atoms with E-state index >= 15 is 0 Å². The highest BCUT2D eigenvalue weighted by Crippen LogP contribution is 2.33. The summed E-state index contributed by atoms with van der Waals surface area (Å²) in [7, 11) is 1.61. The predicted octanol–water partition coefficient (Wildman–Crippen LogP) is 5.67. The molecule has 0 spiro atoms. The van der Waals surface area contributed by atoms with Gasteiger partial charge in [-0.15, -0.1) is 0 Å². The molecule has 5 heteroatoms. The number of hydrogen-bond acceptors (Lipinski definition) is 5. The molecule has 0 saturated carbocycles. The molecule has 0 aliphatic heterocycles. The highest BCUT2D eigenvalue weighted by molar-refractivity contribution is 5.80. The fourth-order valence-electron chi connectivity index (χ4n) is 3.15. The molecule has 4 aromatic rings. The number of pyridine rings is 1. The Morgan fingerprint density at radius 1 is 0.800 bits per heavy atom. The summed E-state index contributed by atoms with van der Waals surface area (Å²) >= 11 is 0. The Balaban J connectivity index is 1.69. The van der Waals surface area contributed by atoms with Crippen LogP contribution in [0.15, 0.2) is 84.9 Å². The summed E-state index contributed by atoms with van der Waals surface area (Å²) in [5.74, 6) is 2.44. The Morgan fingerprint density at radius 2 is 1.40 bits per heavy atom. The van der Waals surface area contributed by atoms with Gasteiger partial charge in [0.25, 0.3) is 0 Å². The average molecular weight is 393 g/mol. The van der Waals surface area contributed by atoms with Gasteiger partial charge in [0.1, 0.15) is 34.7 Å². The number of anilines is 1. The maximum Gasteiger partial charge on any atom is 0.142 e. The fraction of sp³-hybridized carbons (Fsp3) is 0.0400. The second-order valence-electron chi connectivity index (χ2n) is 6.60. The van der Waals surface area contributed by atoms with Crippen LogP contribution in [0.4, 0.5) is 5.82 Å². The molecule has 0 aliphatic carbocycles. The third-order valence-corrected chi connectivity index (χ3v) is 4.69. The van der Waals surface area contributed by atoms with Gasteiger partial charge in [0, 0.05) is 11.1 Å². The van der Waals surface area contributed by atoms with Crippen LogP contribution in [-0.4, -0.2) is 12.1 Å². The van der Waals surface area contributed by atoms with Crippen LogP contribution in [0.5, 0.6) is 17.2 Å². The third kappa shape index (κ3) is 3.94. The summed E-state index contributed by atoms with van der Waals surface area (Å²) in [6.45, 7) is 0. The van der Waals surface area contributed by atoms with Gasteiger partial charge < -0.3 is 15.2 Å². The number of ether oxygens (including phenoxy) is 2. The molecule has 1 aromatic heterocycles. The zero-order valence-corrected chi connectivity index (χ0v) is 16.4. The first-order valence-corrected chi connectivity index (χ1v) is 9.36. The minimum atomic E-state index is 0.199. The van der Waals surface area contributed by atoms with Gasteiger partial charge in [0.15, 0.2) is 0 Å². The number of aromatic nitrogens is 1. The molecule has 0 amide bonds. The topological polar surface area (TPSA) is 81.2 Å². The molecule has 0 atom stereocenters. The van der Waals surface area contributed by atoms with E-state index in [9.17, 15) is 5.26 Å². The van der Waals surface area contributed by atoms with Gasteiger partial charge in [-0.2, -0.15) is 5.26 Å². The second kappa shape index (κ2) is 8.38. The molecule has 0 unspecified atom stereocenters. The first-order valence-electron chi connectivity index (χ1n) is 9.36. The maximum atomic E-state index is 9.59. The number of benzene rings is 3. The number of nitrogens with two attached hydrogens (primary N) is 1. The van der Waals surface area contributed by atoms with Gasteiger partial charge in [-0.3, -0.25) is 0 Å². The molecular weight excluding hydrogens is 374 g/mol. The summed E-state index contributed by atoms with van der Waals surface area (Å²) in [6, 6.07) is 28.7. The lowest BCUT2D eigenvalue weighted by Crippen LogP contribution is -1.99. The highest BCUT2D eigenvalue weighted by Gasteiger charge is 2.14. The van der Waals surface area contributed by atoms with E-state index in [1.807, 2.05) is 84.9 Å². The summed E-state index contributed by atoms with van der Waals surface area (Å²) in [5.41, 5.74) is 9.62. The number of methoxy groups -OCH3 is 1. The summed E-state index contributed by atoms with van der Waals surface area (Å²) in [4.78, 5) is 4.44. The average Bonchev–Trinajstić information content (AvgIpc) is 2.80. The highest BCUT2D eigenvalue weighted by atomic mass is 16.5. The molecule has 30 heavy (non-hydrogen) atoms. The van der Waals surface area contributed by atoms with E-state index in [1.54, 1.807) is 7.11 Å². The molecule has 0 aliphatic rings. The van der Waals surface area contributed by atoms with Crippen LogP contribution in [0.1, 0.15) is 5.56 Å². The molecule has 5 nitrogen and oxygen atoms in total. The minimum absolute atomic E-state index is 0.199. The van der Waals surface area contributed by atoms with Crippen LogP contribution < -0.4 is 15.2 Å². The van der Waals surface area contributed by atoms with Crippen LogP contribution >= 0.6 is 0 Å². The number of nitrogens with zero attached hydrogens (tertiary/aromatic N) is 2. The van der Waals surface area contributed by atoms with Crippen LogP contribution in [0.25, 0.3) is 22.4 Å². The largest absolute Gasteiger partial charge is 0.497 e. The first-order chi connectivity index (χ1) is 14.7. The van der Waals surface area contributed by atoms with Crippen molar-refractivity contribution in [3.8, 4) is 45.7 Å². The smallest absolute Gasteiger partial charge is 0.142 e. The SMILES string of the molecule is COc1ccc(-c2cc(-c3ccc(Oc4ccccc4)cc3)nc(N)c2C#N)cc1. The normalized spacial score (nSPS) is 10.3. The van der Waals surface area contributed by atoms with E-state index in [0.29, 0.717) is 11.3 Å². The van der Waals surface area contributed by atoms with Crippen LogP contribution in [0.2, 0.25) is 0 Å². The summed E-state index contributed by atoms with van der Waals surface area (Å²) < 4.78 is 11.1. The minimum Gasteiger partial charge on any atom is -0.497 e. The lowest BCUT2D eigenvalue weighted by atomic mass is 9.98. The molecule has 0 fully saturated rings. The van der Waals surface area contributed by atoms with Crippen molar-refractivity contribution in [3.05, 3.63) is 90.5 Å². The van der Waals surface area contributed by atoms with E-state index < -0.39 is 0 Å². The Kier molecular flexibility index (Phi) is 5.31. The number of nitrogen functional groups attached to an aromatic ring is 1. The van der Waals surface area contributed by atoms with Crippen LogP contribution in [0.3, 0.4) is 0 Å². The van der Waals surface area contributed by atoms with Crippen molar-refractivity contribution in [3.63, 3.8) is 0 Å². The van der Waals surface area contributed by atoms with E-state index in [0.717, 1.165) is 33.9 Å². The Morgan fingerprint density at radius 3 is 2.03 bits per heavy atom. The van der Waals surface area contributed by atoms with Crippen molar-refractivity contribution >= 4 is 5.82 Å². The van der Waals surface area contributed by atoms with Crippen molar-refractivity contribution in [2.45, 2.75) is 0 Å². The molecule has 2 N–H and O–H groups in total. The van der Waals surface area contributed by atoms with Crippen molar-refractivity contribution < 1.29 is 9.47 Å². The summed E-state index contributed by atoms with van der Waals surface area (Å²) in [5, 5.41) is 9.59. The Hall–Kier alpha value is -4.30. The Bertz CT molecular complexity index is 1200. The summed E-state index contributed by atoms with van der Waals surface area (Å²) in [6.07, 6.45) is 0. The predicted molar refractivity (Wildman–Crippen MR) is 117 cm³/mol. The van der Waals surface area contributed by atoms with E-state index in [4.69, 9.17) is 15.2 Å². The van der Waals surface area contributed by atoms with Crippen LogP contribution in [-0.2, 0) is 0 Å². The zero-order valence-electron chi connectivity index (χ0n) is 16.4. The molecule has 0 bridgehead atoms. The van der Waals surface area contributed by atoms with Gasteiger partial charge >= 0.3 is 0 Å². The molecule has 0 saturated heterocycles. The molecule has 3 aromatic carbocycles. The van der Waals surface area contributed by atoms with Gasteiger partial charge in [-0.1, -0.05) is 30.3 Å². The molecule has 0 radical (unpaired) electrons. The van der Waals surface area contributed by atoms with E-state index in [-0.39, 0.29) is 5.82 Å². The second-order valence-corrected chi connectivity index (χ2v) is 6.60. The maximum absolute atomic E-state index is 9.59. The zero-order chi connectivity index (χ0) is 20.9. The van der Waals surface area contributed by atoms with E-state index in [1.165, 1.54) is 0 Å². The van der Waals surface area contributed by atoms with Crippen molar-refractivity contribution in [1.29, 1.82) is 5.26 Å².